The summed E-state index contributed by atoms with van der Waals surface area (Å²) in [6, 6.07) is 3.17. The highest BCUT2D eigenvalue weighted by Crippen LogP contribution is 2.29. The topological polar surface area (TPSA) is 87.6 Å². The van der Waals surface area contributed by atoms with Gasteiger partial charge in [0.05, 0.1) is 16.7 Å². The van der Waals surface area contributed by atoms with Crippen LogP contribution in [0.3, 0.4) is 0 Å². The van der Waals surface area contributed by atoms with E-state index in [1.807, 2.05) is 0 Å². The lowest BCUT2D eigenvalue weighted by molar-refractivity contribution is -0.132. The van der Waals surface area contributed by atoms with Crippen molar-refractivity contribution in [1.29, 1.82) is 5.26 Å². The molecule has 0 fully saturated rings. The van der Waals surface area contributed by atoms with Gasteiger partial charge in [0.15, 0.2) is 5.65 Å². The largest absolute Gasteiger partial charge is 0.477 e. The van der Waals surface area contributed by atoms with Crippen LogP contribution in [0.1, 0.15) is 31.9 Å². The number of imidazole rings is 1. The lowest BCUT2D eigenvalue weighted by Crippen LogP contribution is -2.01. The van der Waals surface area contributed by atoms with Crippen molar-refractivity contribution in [3.8, 4) is 11.9 Å². The Bertz CT molecular complexity index is 837. The van der Waals surface area contributed by atoms with Crippen LogP contribution >= 0.6 is 23.2 Å². The summed E-state index contributed by atoms with van der Waals surface area (Å²) in [5, 5.41) is 18.7. The molecule has 8 heteroatoms. The van der Waals surface area contributed by atoms with Gasteiger partial charge in [-0.2, -0.15) is 10.2 Å². The average molecular weight is 368 g/mol. The van der Waals surface area contributed by atoms with Crippen LogP contribution in [0.4, 0.5) is 0 Å². The number of carbonyl (C=O) groups is 1. The minimum atomic E-state index is -1.34. The number of carboxylic acids is 1. The SMILES string of the molecule is CCCCCOc1nc2c(Cl)cc(Cl)cn2c1C=C(C#N)C(=O)O. The molecule has 0 amide bonds. The van der Waals surface area contributed by atoms with E-state index in [-0.39, 0.29) is 5.88 Å². The zero-order valence-electron chi connectivity index (χ0n) is 12.9. The Hall–Kier alpha value is -2.23. The van der Waals surface area contributed by atoms with Gasteiger partial charge in [-0.25, -0.2) is 4.79 Å². The van der Waals surface area contributed by atoms with Crippen LogP contribution in [-0.2, 0) is 4.79 Å². The first-order valence-corrected chi connectivity index (χ1v) is 8.08. The molecule has 6 nitrogen and oxygen atoms in total. The fraction of sp³-hybridized carbons (Fsp3) is 0.312. The highest BCUT2D eigenvalue weighted by atomic mass is 35.5. The molecule has 24 heavy (non-hydrogen) atoms. The van der Waals surface area contributed by atoms with Crippen molar-refractivity contribution in [1.82, 2.24) is 9.38 Å². The van der Waals surface area contributed by atoms with Gasteiger partial charge in [0, 0.05) is 6.20 Å². The number of nitriles is 1. The summed E-state index contributed by atoms with van der Waals surface area (Å²) in [6.07, 6.45) is 5.62. The summed E-state index contributed by atoms with van der Waals surface area (Å²) in [5.41, 5.74) is 0.247. The molecular formula is C16H15Cl2N3O3. The number of unbranched alkanes of at least 4 members (excludes halogenated alkanes) is 2. The van der Waals surface area contributed by atoms with Crippen LogP contribution in [0, 0.1) is 11.3 Å². The second-order valence-electron chi connectivity index (χ2n) is 5.03. The fourth-order valence-corrected chi connectivity index (χ4v) is 2.62. The van der Waals surface area contributed by atoms with Crippen LogP contribution in [0.2, 0.25) is 10.0 Å². The first-order valence-electron chi connectivity index (χ1n) is 7.33. The first-order chi connectivity index (χ1) is 11.5. The third-order valence-electron chi connectivity index (χ3n) is 3.26. The number of halogens is 2. The van der Waals surface area contributed by atoms with Gasteiger partial charge in [0.1, 0.15) is 17.3 Å². The van der Waals surface area contributed by atoms with Crippen LogP contribution in [0.15, 0.2) is 17.8 Å². The predicted molar refractivity (Wildman–Crippen MR) is 91.5 cm³/mol. The maximum atomic E-state index is 11.1. The van der Waals surface area contributed by atoms with E-state index in [1.165, 1.54) is 22.7 Å². The van der Waals surface area contributed by atoms with Crippen molar-refractivity contribution >= 4 is 40.9 Å². The summed E-state index contributed by atoms with van der Waals surface area (Å²) >= 11 is 12.1. The third kappa shape index (κ3) is 3.99. The van der Waals surface area contributed by atoms with Gasteiger partial charge < -0.3 is 9.84 Å². The fourth-order valence-electron chi connectivity index (χ4n) is 2.11. The number of fused-ring (bicyclic) bond motifs is 1. The maximum Gasteiger partial charge on any atom is 0.346 e. The average Bonchev–Trinajstić information content (AvgIpc) is 2.87. The lowest BCUT2D eigenvalue weighted by Gasteiger charge is -2.04. The summed E-state index contributed by atoms with van der Waals surface area (Å²) < 4.78 is 7.18. The molecule has 0 aliphatic rings. The van der Waals surface area contributed by atoms with E-state index in [2.05, 4.69) is 11.9 Å². The molecule has 0 atom stereocenters. The van der Waals surface area contributed by atoms with Gasteiger partial charge in [-0.15, -0.1) is 0 Å². The standard InChI is InChI=1S/C16H15Cl2N3O3/c1-2-3-4-5-24-15-13(6-10(8-19)16(22)23)21-9-11(17)7-12(18)14(21)20-15/h6-7,9H,2-5H2,1H3,(H,22,23). The molecule has 0 unspecified atom stereocenters. The molecule has 0 bridgehead atoms. The van der Waals surface area contributed by atoms with E-state index < -0.39 is 11.5 Å². The van der Waals surface area contributed by atoms with Crippen LogP contribution < -0.4 is 4.74 Å². The molecule has 0 saturated heterocycles. The highest BCUT2D eigenvalue weighted by molar-refractivity contribution is 6.36. The van der Waals surface area contributed by atoms with Gasteiger partial charge in [-0.3, -0.25) is 4.40 Å². The highest BCUT2D eigenvalue weighted by Gasteiger charge is 2.17. The van der Waals surface area contributed by atoms with Crippen molar-refractivity contribution < 1.29 is 14.6 Å². The van der Waals surface area contributed by atoms with E-state index in [0.717, 1.165) is 19.3 Å². The molecule has 0 aromatic carbocycles. The van der Waals surface area contributed by atoms with Crippen molar-refractivity contribution in [2.45, 2.75) is 26.2 Å². The Morgan fingerprint density at radius 2 is 2.25 bits per heavy atom. The van der Waals surface area contributed by atoms with E-state index >= 15 is 0 Å². The second kappa shape index (κ2) is 8.04. The quantitative estimate of drug-likeness (QED) is 0.450. The van der Waals surface area contributed by atoms with Gasteiger partial charge in [0.25, 0.3) is 0 Å². The van der Waals surface area contributed by atoms with Crippen molar-refractivity contribution in [3.63, 3.8) is 0 Å². The summed E-state index contributed by atoms with van der Waals surface area (Å²) in [7, 11) is 0. The number of pyridine rings is 1. The molecule has 2 aromatic heterocycles. The van der Waals surface area contributed by atoms with Gasteiger partial charge in [-0.05, 0) is 18.6 Å². The molecular weight excluding hydrogens is 353 g/mol. The van der Waals surface area contributed by atoms with Crippen LogP contribution in [-0.4, -0.2) is 27.1 Å². The molecule has 126 valence electrons. The number of ether oxygens (including phenoxy) is 1. The molecule has 0 aliphatic carbocycles. The van der Waals surface area contributed by atoms with E-state index in [9.17, 15) is 4.79 Å². The number of hydrogen-bond donors (Lipinski definition) is 1. The summed E-state index contributed by atoms with van der Waals surface area (Å²) in [5.74, 6) is -1.12. The van der Waals surface area contributed by atoms with Crippen LogP contribution in [0.5, 0.6) is 5.88 Å². The zero-order chi connectivity index (χ0) is 17.7. The van der Waals surface area contributed by atoms with Crippen LogP contribution in [0.25, 0.3) is 11.7 Å². The van der Waals surface area contributed by atoms with E-state index in [4.69, 9.17) is 38.3 Å². The second-order valence-corrected chi connectivity index (χ2v) is 5.88. The normalized spacial score (nSPS) is 11.5. The number of hydrogen-bond acceptors (Lipinski definition) is 4. The molecule has 0 saturated carbocycles. The van der Waals surface area contributed by atoms with Gasteiger partial charge in [-0.1, -0.05) is 43.0 Å². The molecule has 0 aliphatic heterocycles. The number of carboxylic acid groups (broad SMARTS) is 1. The Balaban J connectivity index is 2.55. The zero-order valence-corrected chi connectivity index (χ0v) is 14.4. The molecule has 0 spiro atoms. The Morgan fingerprint density at radius 3 is 2.88 bits per heavy atom. The van der Waals surface area contributed by atoms with E-state index in [0.29, 0.717) is 28.0 Å². The van der Waals surface area contributed by atoms with Crippen molar-refractivity contribution in [2.24, 2.45) is 0 Å². The molecule has 1 N–H and O–H groups in total. The lowest BCUT2D eigenvalue weighted by atomic mass is 10.2. The first kappa shape index (κ1) is 18.1. The summed E-state index contributed by atoms with van der Waals surface area (Å²) in [4.78, 5) is 15.4. The Kier molecular flexibility index (Phi) is 6.07. The smallest absolute Gasteiger partial charge is 0.346 e. The maximum absolute atomic E-state index is 11.1. The third-order valence-corrected chi connectivity index (χ3v) is 3.75. The number of rotatable bonds is 7. The monoisotopic (exact) mass is 367 g/mol. The summed E-state index contributed by atoms with van der Waals surface area (Å²) in [6.45, 7) is 2.51. The minimum absolute atomic E-state index is 0.212. The molecule has 2 rings (SSSR count). The predicted octanol–water partition coefficient (Wildman–Crippen LogP) is 4.20. The van der Waals surface area contributed by atoms with Gasteiger partial charge >= 0.3 is 5.97 Å². The molecule has 2 aromatic rings. The minimum Gasteiger partial charge on any atom is -0.477 e. The molecule has 0 radical (unpaired) electrons. The Labute approximate surface area is 148 Å². The van der Waals surface area contributed by atoms with Gasteiger partial charge in [0.2, 0.25) is 5.88 Å². The number of nitrogens with zero attached hydrogens (tertiary/aromatic N) is 3. The van der Waals surface area contributed by atoms with Crippen molar-refractivity contribution in [3.05, 3.63) is 33.6 Å². The van der Waals surface area contributed by atoms with E-state index in [1.54, 1.807) is 6.07 Å². The van der Waals surface area contributed by atoms with Crippen molar-refractivity contribution in [2.75, 3.05) is 6.61 Å². The molecule has 2 heterocycles. The number of aliphatic carboxylic acids is 1. The number of aromatic nitrogens is 2. The Morgan fingerprint density at radius 1 is 1.50 bits per heavy atom.